The Bertz CT molecular complexity index is 593. The Kier molecular flexibility index (Phi) is 3.84. The second-order valence-corrected chi connectivity index (χ2v) is 5.95. The fourth-order valence-corrected chi connectivity index (χ4v) is 3.66. The number of fused-ring (bicyclic) bond motifs is 1. The van der Waals surface area contributed by atoms with Crippen molar-refractivity contribution in [1.29, 1.82) is 0 Å². The standard InChI is InChI=1S/C14H16N4Se/c1-2-8-18-9-6-11(7-10-18)15-12-4-3-5-13-14(12)17-19-16-13/h1,3-5,11,15H,6-10H2. The Hall–Kier alpha value is -1.34. The minimum absolute atomic E-state index is 0.0380. The fraction of sp³-hybridized carbons (Fsp3) is 0.429. The fourth-order valence-electron chi connectivity index (χ4n) is 2.51. The molecule has 4 nitrogen and oxygen atoms in total. The summed E-state index contributed by atoms with van der Waals surface area (Å²) in [6.07, 6.45) is 7.62. The van der Waals surface area contributed by atoms with Crippen LogP contribution in [0, 0.1) is 12.3 Å². The van der Waals surface area contributed by atoms with Gasteiger partial charge in [0.15, 0.2) is 0 Å². The number of hydrogen-bond donors (Lipinski definition) is 1. The average Bonchev–Trinajstić information content (AvgIpc) is 2.91. The molecular formula is C14H16N4Se. The molecule has 0 radical (unpaired) electrons. The Balaban J connectivity index is 1.67. The number of piperidine rings is 1. The van der Waals surface area contributed by atoms with Crippen LogP contribution in [-0.4, -0.2) is 53.5 Å². The minimum atomic E-state index is 0.0380. The average molecular weight is 319 g/mol. The van der Waals surface area contributed by atoms with Gasteiger partial charge in [-0.1, -0.05) is 0 Å². The molecule has 0 atom stereocenters. The van der Waals surface area contributed by atoms with Crippen LogP contribution in [0.25, 0.3) is 11.0 Å². The number of terminal acetylenes is 1. The van der Waals surface area contributed by atoms with E-state index in [1.807, 2.05) is 6.07 Å². The quantitative estimate of drug-likeness (QED) is 0.682. The van der Waals surface area contributed by atoms with E-state index in [-0.39, 0.29) is 15.0 Å². The number of likely N-dealkylation sites (tertiary alicyclic amines) is 1. The van der Waals surface area contributed by atoms with Gasteiger partial charge in [0.2, 0.25) is 0 Å². The summed E-state index contributed by atoms with van der Waals surface area (Å²) in [6.45, 7) is 2.91. The predicted octanol–water partition coefficient (Wildman–Crippen LogP) is 1.20. The van der Waals surface area contributed by atoms with Crippen molar-refractivity contribution >= 4 is 31.7 Å². The summed E-state index contributed by atoms with van der Waals surface area (Å²) in [4.78, 5) is 2.33. The van der Waals surface area contributed by atoms with Crippen LogP contribution < -0.4 is 5.32 Å². The molecule has 5 heteroatoms. The number of hydrogen-bond acceptors (Lipinski definition) is 4. The molecule has 98 valence electrons. The van der Waals surface area contributed by atoms with Crippen LogP contribution in [0.2, 0.25) is 0 Å². The van der Waals surface area contributed by atoms with E-state index in [0.717, 1.165) is 49.2 Å². The van der Waals surface area contributed by atoms with Crippen molar-refractivity contribution in [3.63, 3.8) is 0 Å². The topological polar surface area (TPSA) is 41.0 Å². The van der Waals surface area contributed by atoms with Crippen LogP contribution in [0.5, 0.6) is 0 Å². The molecule has 0 spiro atoms. The Labute approximate surface area is 119 Å². The van der Waals surface area contributed by atoms with Gasteiger partial charge in [-0.2, -0.15) is 0 Å². The summed E-state index contributed by atoms with van der Waals surface area (Å²) < 4.78 is 8.92. The molecule has 0 aliphatic carbocycles. The molecule has 1 aliphatic heterocycles. The number of rotatable bonds is 3. The summed E-state index contributed by atoms with van der Waals surface area (Å²) in [5.41, 5.74) is 3.22. The zero-order valence-electron chi connectivity index (χ0n) is 10.7. The second-order valence-electron chi connectivity index (χ2n) is 4.84. The molecule has 1 saturated heterocycles. The molecule has 2 aromatic rings. The Morgan fingerprint density at radius 2 is 2.21 bits per heavy atom. The van der Waals surface area contributed by atoms with E-state index in [1.54, 1.807) is 0 Å². The first-order chi connectivity index (χ1) is 9.36. The van der Waals surface area contributed by atoms with Crippen molar-refractivity contribution in [3.05, 3.63) is 18.2 Å². The van der Waals surface area contributed by atoms with Gasteiger partial charge in [-0.05, 0) is 0 Å². The molecule has 3 rings (SSSR count). The van der Waals surface area contributed by atoms with Crippen LogP contribution in [0.4, 0.5) is 5.69 Å². The Morgan fingerprint density at radius 3 is 3.00 bits per heavy atom. The van der Waals surface area contributed by atoms with E-state index < -0.39 is 0 Å². The van der Waals surface area contributed by atoms with Gasteiger partial charge in [-0.15, -0.1) is 0 Å². The van der Waals surface area contributed by atoms with E-state index in [0.29, 0.717) is 6.04 Å². The first-order valence-corrected chi connectivity index (χ1v) is 8.03. The van der Waals surface area contributed by atoms with Gasteiger partial charge >= 0.3 is 119 Å². The summed E-state index contributed by atoms with van der Waals surface area (Å²) in [5.74, 6) is 2.72. The van der Waals surface area contributed by atoms with Crippen molar-refractivity contribution in [2.75, 3.05) is 25.0 Å². The van der Waals surface area contributed by atoms with E-state index >= 15 is 0 Å². The van der Waals surface area contributed by atoms with Crippen LogP contribution in [0.1, 0.15) is 12.8 Å². The van der Waals surface area contributed by atoms with Crippen LogP contribution >= 0.6 is 0 Å². The van der Waals surface area contributed by atoms with Crippen LogP contribution in [0.15, 0.2) is 18.2 Å². The number of nitrogens with zero attached hydrogens (tertiary/aromatic N) is 3. The van der Waals surface area contributed by atoms with Gasteiger partial charge in [-0.3, -0.25) is 0 Å². The molecule has 0 bridgehead atoms. The first-order valence-electron chi connectivity index (χ1n) is 6.50. The van der Waals surface area contributed by atoms with E-state index in [1.165, 1.54) is 0 Å². The van der Waals surface area contributed by atoms with Crippen LogP contribution in [-0.2, 0) is 0 Å². The number of aromatic nitrogens is 2. The van der Waals surface area contributed by atoms with Gasteiger partial charge in [0.05, 0.1) is 0 Å². The Morgan fingerprint density at radius 1 is 1.37 bits per heavy atom. The summed E-state index contributed by atoms with van der Waals surface area (Å²) in [5, 5.41) is 3.62. The summed E-state index contributed by atoms with van der Waals surface area (Å²) in [6, 6.07) is 6.71. The van der Waals surface area contributed by atoms with E-state index in [9.17, 15) is 0 Å². The third-order valence-electron chi connectivity index (χ3n) is 3.55. The van der Waals surface area contributed by atoms with Crippen molar-refractivity contribution < 1.29 is 0 Å². The molecule has 0 saturated carbocycles. The summed E-state index contributed by atoms with van der Waals surface area (Å²) in [7, 11) is 0. The summed E-state index contributed by atoms with van der Waals surface area (Å²) >= 11 is 0.0380. The maximum atomic E-state index is 5.35. The molecule has 1 N–H and O–H groups in total. The number of nitrogens with one attached hydrogen (secondary N) is 1. The number of benzene rings is 1. The van der Waals surface area contributed by atoms with Gasteiger partial charge in [0.1, 0.15) is 0 Å². The third-order valence-corrected chi connectivity index (χ3v) is 4.69. The molecule has 1 fully saturated rings. The molecule has 19 heavy (non-hydrogen) atoms. The van der Waals surface area contributed by atoms with Crippen molar-refractivity contribution in [3.8, 4) is 12.3 Å². The van der Waals surface area contributed by atoms with E-state index in [4.69, 9.17) is 6.42 Å². The molecule has 0 amide bonds. The zero-order chi connectivity index (χ0) is 13.1. The van der Waals surface area contributed by atoms with Crippen molar-refractivity contribution in [2.45, 2.75) is 18.9 Å². The van der Waals surface area contributed by atoms with Gasteiger partial charge < -0.3 is 0 Å². The van der Waals surface area contributed by atoms with Crippen LogP contribution in [0.3, 0.4) is 0 Å². The third kappa shape index (κ3) is 2.82. The van der Waals surface area contributed by atoms with E-state index in [2.05, 4.69) is 36.2 Å². The predicted molar refractivity (Wildman–Crippen MR) is 78.4 cm³/mol. The van der Waals surface area contributed by atoms with Gasteiger partial charge in [-0.25, -0.2) is 0 Å². The molecular weight excluding hydrogens is 303 g/mol. The first kappa shape index (κ1) is 12.7. The second kappa shape index (κ2) is 5.75. The molecule has 1 aromatic carbocycles. The van der Waals surface area contributed by atoms with Gasteiger partial charge in [0, 0.05) is 0 Å². The normalized spacial score (nSPS) is 17.4. The van der Waals surface area contributed by atoms with Crippen molar-refractivity contribution in [1.82, 2.24) is 12.9 Å². The number of anilines is 1. The molecule has 0 unspecified atom stereocenters. The molecule has 2 heterocycles. The van der Waals surface area contributed by atoms with Gasteiger partial charge in [0.25, 0.3) is 0 Å². The SMILES string of the molecule is C#CCN1CCC(Nc2cccc3n[se]nc23)CC1. The monoisotopic (exact) mass is 320 g/mol. The molecule has 1 aliphatic rings. The van der Waals surface area contributed by atoms with Crippen molar-refractivity contribution in [2.24, 2.45) is 0 Å². The zero-order valence-corrected chi connectivity index (χ0v) is 12.4. The maximum absolute atomic E-state index is 5.35. The molecule has 1 aromatic heterocycles.